The second-order valence-corrected chi connectivity index (χ2v) is 4.35. The number of halogens is 2. The van der Waals surface area contributed by atoms with Gasteiger partial charge in [0.05, 0.1) is 0 Å². The van der Waals surface area contributed by atoms with Gasteiger partial charge < -0.3 is 14.8 Å². The Hall–Kier alpha value is -2.28. The van der Waals surface area contributed by atoms with Gasteiger partial charge in [0.15, 0.2) is 0 Å². The number of rotatable bonds is 5. The normalized spacial score (nSPS) is 10.9. The molecule has 0 saturated heterocycles. The predicted molar refractivity (Wildman–Crippen MR) is 72.5 cm³/mol. The number of hydrogen-bond donors (Lipinski definition) is 2. The highest BCUT2D eigenvalue weighted by atomic mass is 19.3. The summed E-state index contributed by atoms with van der Waals surface area (Å²) in [5.41, 5.74) is 1.21. The van der Waals surface area contributed by atoms with Gasteiger partial charge in [-0.2, -0.15) is 8.78 Å². The number of aryl methyl sites for hydroxylation is 1. The molecule has 0 bridgehead atoms. The van der Waals surface area contributed by atoms with E-state index in [1.807, 2.05) is 0 Å². The zero-order valence-corrected chi connectivity index (χ0v) is 11.3. The molecule has 2 N–H and O–H groups in total. The lowest BCUT2D eigenvalue weighted by molar-refractivity contribution is -0.0498. The predicted octanol–water partition coefficient (Wildman–Crippen LogP) is 1.88. The van der Waals surface area contributed by atoms with Crippen molar-refractivity contribution in [3.63, 3.8) is 0 Å². The van der Waals surface area contributed by atoms with E-state index < -0.39 is 6.61 Å². The van der Waals surface area contributed by atoms with E-state index in [1.165, 1.54) is 24.3 Å². The van der Waals surface area contributed by atoms with Crippen LogP contribution in [0.5, 0.6) is 5.75 Å². The van der Waals surface area contributed by atoms with Crippen molar-refractivity contribution in [2.45, 2.75) is 20.0 Å². The number of ether oxygens (including phenoxy) is 1. The molecule has 0 radical (unpaired) electrons. The van der Waals surface area contributed by atoms with E-state index in [2.05, 4.69) is 14.7 Å². The van der Waals surface area contributed by atoms with E-state index in [1.54, 1.807) is 6.92 Å². The molecular weight excluding hydrogens is 282 g/mol. The number of aromatic nitrogens is 2. The number of aromatic amines is 1. The third-order valence-corrected chi connectivity index (χ3v) is 2.94. The SMILES string of the molecule is Cc1nc(-c2ccc(OC(F)F)cc2)[nH]c(=O)c1CCO. The van der Waals surface area contributed by atoms with Crippen molar-refractivity contribution >= 4 is 0 Å². The minimum Gasteiger partial charge on any atom is -0.435 e. The van der Waals surface area contributed by atoms with Crippen LogP contribution >= 0.6 is 0 Å². The van der Waals surface area contributed by atoms with Gasteiger partial charge in [-0.25, -0.2) is 4.98 Å². The van der Waals surface area contributed by atoms with Crippen molar-refractivity contribution in [3.05, 3.63) is 45.9 Å². The summed E-state index contributed by atoms with van der Waals surface area (Å²) in [5.74, 6) is 0.368. The summed E-state index contributed by atoms with van der Waals surface area (Å²) in [6.45, 7) is -1.34. The molecular formula is C14H14F2N2O3. The van der Waals surface area contributed by atoms with Crippen molar-refractivity contribution in [2.24, 2.45) is 0 Å². The molecule has 0 aliphatic heterocycles. The number of H-pyrrole nitrogens is 1. The Kier molecular flexibility index (Phi) is 4.64. The van der Waals surface area contributed by atoms with Crippen LogP contribution < -0.4 is 10.3 Å². The molecule has 0 aliphatic rings. The van der Waals surface area contributed by atoms with E-state index >= 15 is 0 Å². The van der Waals surface area contributed by atoms with Crippen LogP contribution in [0.15, 0.2) is 29.1 Å². The van der Waals surface area contributed by atoms with Gasteiger partial charge in [-0.3, -0.25) is 4.79 Å². The van der Waals surface area contributed by atoms with E-state index in [0.29, 0.717) is 22.6 Å². The molecule has 0 spiro atoms. The van der Waals surface area contributed by atoms with Crippen LogP contribution in [0.4, 0.5) is 8.78 Å². The first kappa shape index (κ1) is 15.1. The Bertz CT molecular complexity index is 669. The zero-order chi connectivity index (χ0) is 15.4. The Morgan fingerprint density at radius 1 is 1.33 bits per heavy atom. The fourth-order valence-electron chi connectivity index (χ4n) is 1.95. The summed E-state index contributed by atoms with van der Waals surface area (Å²) in [4.78, 5) is 18.8. The first-order chi connectivity index (χ1) is 10.0. The number of nitrogens with one attached hydrogen (secondary N) is 1. The lowest BCUT2D eigenvalue weighted by Gasteiger charge is -2.08. The summed E-state index contributed by atoms with van der Waals surface area (Å²) in [6, 6.07) is 5.80. The Labute approximate surface area is 119 Å². The molecule has 2 rings (SSSR count). The number of benzene rings is 1. The number of aliphatic hydroxyl groups excluding tert-OH is 1. The van der Waals surface area contributed by atoms with Crippen LogP contribution in [0.2, 0.25) is 0 Å². The van der Waals surface area contributed by atoms with Crippen LogP contribution in [0.1, 0.15) is 11.3 Å². The maximum absolute atomic E-state index is 12.1. The van der Waals surface area contributed by atoms with Gasteiger partial charge in [-0.05, 0) is 31.2 Å². The largest absolute Gasteiger partial charge is 0.435 e. The molecule has 0 unspecified atom stereocenters. The van der Waals surface area contributed by atoms with Crippen LogP contribution in [-0.4, -0.2) is 28.3 Å². The molecule has 0 amide bonds. The highest BCUT2D eigenvalue weighted by molar-refractivity contribution is 5.56. The second kappa shape index (κ2) is 6.45. The highest BCUT2D eigenvalue weighted by Crippen LogP contribution is 2.20. The van der Waals surface area contributed by atoms with E-state index in [9.17, 15) is 13.6 Å². The maximum atomic E-state index is 12.1. The highest BCUT2D eigenvalue weighted by Gasteiger charge is 2.10. The molecule has 5 nitrogen and oxygen atoms in total. The van der Waals surface area contributed by atoms with Gasteiger partial charge in [0.2, 0.25) is 0 Å². The summed E-state index contributed by atoms with van der Waals surface area (Å²) in [5, 5.41) is 8.90. The lowest BCUT2D eigenvalue weighted by atomic mass is 10.1. The number of nitrogens with zero attached hydrogens (tertiary/aromatic N) is 1. The smallest absolute Gasteiger partial charge is 0.387 e. The number of hydrogen-bond acceptors (Lipinski definition) is 4. The molecule has 0 fully saturated rings. The van der Waals surface area contributed by atoms with Gasteiger partial charge in [-0.15, -0.1) is 0 Å². The van der Waals surface area contributed by atoms with Crippen molar-refractivity contribution in [1.82, 2.24) is 9.97 Å². The first-order valence-corrected chi connectivity index (χ1v) is 6.27. The minimum atomic E-state index is -2.88. The van der Waals surface area contributed by atoms with Crippen molar-refractivity contribution in [3.8, 4) is 17.1 Å². The quantitative estimate of drug-likeness (QED) is 0.883. The monoisotopic (exact) mass is 296 g/mol. The molecule has 1 aromatic carbocycles. The molecule has 0 atom stereocenters. The second-order valence-electron chi connectivity index (χ2n) is 4.35. The van der Waals surface area contributed by atoms with Crippen molar-refractivity contribution in [1.29, 1.82) is 0 Å². The van der Waals surface area contributed by atoms with Gasteiger partial charge in [0.1, 0.15) is 11.6 Å². The van der Waals surface area contributed by atoms with Crippen LogP contribution in [0, 0.1) is 6.92 Å². The van der Waals surface area contributed by atoms with Crippen LogP contribution in [-0.2, 0) is 6.42 Å². The Balaban J connectivity index is 2.32. The lowest BCUT2D eigenvalue weighted by Crippen LogP contribution is -2.18. The standard InChI is InChI=1S/C14H14F2N2O3/c1-8-11(6-7-19)13(20)18-12(17-8)9-2-4-10(5-3-9)21-14(15)16/h2-5,14,19H,6-7H2,1H3,(H,17,18,20). The fourth-order valence-corrected chi connectivity index (χ4v) is 1.95. The van der Waals surface area contributed by atoms with E-state index in [-0.39, 0.29) is 24.3 Å². The maximum Gasteiger partial charge on any atom is 0.387 e. The fraction of sp³-hybridized carbons (Fsp3) is 0.286. The zero-order valence-electron chi connectivity index (χ0n) is 11.3. The third-order valence-electron chi connectivity index (χ3n) is 2.94. The molecule has 21 heavy (non-hydrogen) atoms. The van der Waals surface area contributed by atoms with Gasteiger partial charge in [0, 0.05) is 29.8 Å². The summed E-state index contributed by atoms with van der Waals surface area (Å²) >= 11 is 0. The van der Waals surface area contributed by atoms with Crippen LogP contribution in [0.3, 0.4) is 0 Å². The number of alkyl halides is 2. The molecule has 0 aliphatic carbocycles. The van der Waals surface area contributed by atoms with Gasteiger partial charge in [0.25, 0.3) is 5.56 Å². The molecule has 1 heterocycles. The first-order valence-electron chi connectivity index (χ1n) is 6.27. The minimum absolute atomic E-state index is 0.0321. The summed E-state index contributed by atoms with van der Waals surface area (Å²) < 4.78 is 28.4. The average molecular weight is 296 g/mol. The molecule has 2 aromatic rings. The molecule has 112 valence electrons. The number of aliphatic hydroxyl groups is 1. The van der Waals surface area contributed by atoms with Gasteiger partial charge in [-0.1, -0.05) is 0 Å². The van der Waals surface area contributed by atoms with Crippen molar-refractivity contribution < 1.29 is 18.6 Å². The van der Waals surface area contributed by atoms with E-state index in [4.69, 9.17) is 5.11 Å². The summed E-state index contributed by atoms with van der Waals surface area (Å²) in [6.07, 6.45) is 0.232. The topological polar surface area (TPSA) is 75.2 Å². The van der Waals surface area contributed by atoms with Crippen molar-refractivity contribution in [2.75, 3.05) is 6.61 Å². The van der Waals surface area contributed by atoms with Crippen LogP contribution in [0.25, 0.3) is 11.4 Å². The average Bonchev–Trinajstić information content (AvgIpc) is 2.43. The Morgan fingerprint density at radius 2 is 2.00 bits per heavy atom. The Morgan fingerprint density at radius 3 is 2.52 bits per heavy atom. The van der Waals surface area contributed by atoms with E-state index in [0.717, 1.165) is 0 Å². The van der Waals surface area contributed by atoms with Gasteiger partial charge >= 0.3 is 6.61 Å². The molecule has 0 saturated carbocycles. The summed E-state index contributed by atoms with van der Waals surface area (Å²) in [7, 11) is 0. The third kappa shape index (κ3) is 3.63. The molecule has 1 aromatic heterocycles. The molecule has 7 heteroatoms.